The predicted molar refractivity (Wildman–Crippen MR) is 104 cm³/mol. The summed E-state index contributed by atoms with van der Waals surface area (Å²) in [5.41, 5.74) is 4.71. The molecule has 1 aliphatic heterocycles. The van der Waals surface area contributed by atoms with E-state index in [1.807, 2.05) is 22.9 Å². The van der Waals surface area contributed by atoms with E-state index in [4.69, 9.17) is 0 Å². The molecule has 0 radical (unpaired) electrons. The third kappa shape index (κ3) is 4.00. The number of carbonyl (C=O) groups is 1. The van der Waals surface area contributed by atoms with Gasteiger partial charge in [-0.2, -0.15) is 5.10 Å². The van der Waals surface area contributed by atoms with Gasteiger partial charge in [0.1, 0.15) is 12.2 Å². The van der Waals surface area contributed by atoms with Crippen LogP contribution < -0.4 is 10.6 Å². The molecule has 1 aliphatic rings. The molecule has 0 saturated heterocycles. The summed E-state index contributed by atoms with van der Waals surface area (Å²) in [6, 6.07) is 16.6. The van der Waals surface area contributed by atoms with Gasteiger partial charge in [0.2, 0.25) is 0 Å². The second-order valence-corrected chi connectivity index (χ2v) is 6.94. The topological polar surface area (TPSA) is 71.8 Å². The summed E-state index contributed by atoms with van der Waals surface area (Å²) in [7, 11) is 0. The lowest BCUT2D eigenvalue weighted by Gasteiger charge is -2.23. The van der Waals surface area contributed by atoms with Gasteiger partial charge in [-0.15, -0.1) is 0 Å². The lowest BCUT2D eigenvalue weighted by molar-refractivity contribution is 0.231. The maximum Gasteiger partial charge on any atom is 0.315 e. The number of nitrogens with one attached hydrogen (secondary N) is 2. The molecule has 1 unspecified atom stereocenters. The summed E-state index contributed by atoms with van der Waals surface area (Å²) in [6.45, 7) is 3.28. The summed E-state index contributed by atoms with van der Waals surface area (Å²) in [5, 5.41) is 10.2. The molecule has 0 fully saturated rings. The lowest BCUT2D eigenvalue weighted by atomic mass is 9.98. The van der Waals surface area contributed by atoms with E-state index >= 15 is 0 Å². The summed E-state index contributed by atoms with van der Waals surface area (Å²) in [4.78, 5) is 16.4. The first-order valence-corrected chi connectivity index (χ1v) is 9.25. The minimum Gasteiger partial charge on any atom is -0.334 e. The van der Waals surface area contributed by atoms with Crippen LogP contribution >= 0.6 is 0 Å². The fraction of sp³-hybridized carbons (Fsp3) is 0.286. The Morgan fingerprint density at radius 2 is 2.07 bits per heavy atom. The van der Waals surface area contributed by atoms with E-state index in [-0.39, 0.29) is 12.1 Å². The minimum atomic E-state index is -0.145. The number of nitrogens with zero attached hydrogens (tertiary/aromatic N) is 3. The maximum absolute atomic E-state index is 12.2. The molecule has 1 atom stereocenters. The highest BCUT2D eigenvalue weighted by Gasteiger charge is 2.21. The molecular weight excluding hydrogens is 338 g/mol. The zero-order valence-electron chi connectivity index (χ0n) is 15.4. The van der Waals surface area contributed by atoms with Crippen molar-refractivity contribution >= 4 is 6.03 Å². The molecule has 27 heavy (non-hydrogen) atoms. The number of aryl methyl sites for hydroxylation is 2. The number of amides is 2. The molecular formula is C21H23N5O. The number of fused-ring (bicyclic) bond motifs is 1. The van der Waals surface area contributed by atoms with Gasteiger partial charge in [0.15, 0.2) is 0 Å². The number of hydrogen-bond acceptors (Lipinski definition) is 3. The predicted octanol–water partition coefficient (Wildman–Crippen LogP) is 3.07. The Kier molecular flexibility index (Phi) is 4.87. The van der Waals surface area contributed by atoms with Crippen LogP contribution in [-0.2, 0) is 19.5 Å². The van der Waals surface area contributed by atoms with Gasteiger partial charge in [0.25, 0.3) is 0 Å². The van der Waals surface area contributed by atoms with Crippen LogP contribution in [-0.4, -0.2) is 26.8 Å². The van der Waals surface area contributed by atoms with E-state index in [1.54, 1.807) is 6.33 Å². The van der Waals surface area contributed by atoms with Crippen molar-refractivity contribution < 1.29 is 4.79 Å². The normalized spacial score (nSPS) is 15.8. The van der Waals surface area contributed by atoms with E-state index in [2.05, 4.69) is 58.0 Å². The fourth-order valence-corrected chi connectivity index (χ4v) is 3.55. The SMILES string of the molecule is Cc1cc(CNC(=O)NC2CCc3ncnn3C2)ccc1-c1ccccc1. The molecule has 2 heterocycles. The van der Waals surface area contributed by atoms with Gasteiger partial charge in [-0.05, 0) is 35.6 Å². The minimum absolute atomic E-state index is 0.0846. The average molecular weight is 361 g/mol. The van der Waals surface area contributed by atoms with Crippen molar-refractivity contribution in [2.24, 2.45) is 0 Å². The molecule has 1 aromatic heterocycles. The Labute approximate surface area is 158 Å². The molecule has 4 rings (SSSR count). The Hall–Kier alpha value is -3.15. The third-order valence-electron chi connectivity index (χ3n) is 4.97. The van der Waals surface area contributed by atoms with Gasteiger partial charge in [0.05, 0.1) is 12.6 Å². The van der Waals surface area contributed by atoms with Crippen molar-refractivity contribution in [1.82, 2.24) is 25.4 Å². The van der Waals surface area contributed by atoms with Gasteiger partial charge in [-0.1, -0.05) is 48.5 Å². The maximum atomic E-state index is 12.2. The number of aromatic nitrogens is 3. The quantitative estimate of drug-likeness (QED) is 0.750. The molecule has 3 aromatic rings. The van der Waals surface area contributed by atoms with Gasteiger partial charge < -0.3 is 10.6 Å². The number of urea groups is 1. The summed E-state index contributed by atoms with van der Waals surface area (Å²) in [6.07, 6.45) is 3.29. The van der Waals surface area contributed by atoms with Crippen LogP contribution in [0.15, 0.2) is 54.9 Å². The van der Waals surface area contributed by atoms with Gasteiger partial charge in [-0.25, -0.2) is 14.5 Å². The van der Waals surface area contributed by atoms with Crippen molar-refractivity contribution in [2.45, 2.75) is 38.9 Å². The first kappa shape index (κ1) is 17.3. The summed E-state index contributed by atoms with van der Waals surface area (Å²) < 4.78 is 1.86. The highest BCUT2D eigenvalue weighted by molar-refractivity contribution is 5.74. The molecule has 0 bridgehead atoms. The largest absolute Gasteiger partial charge is 0.334 e. The number of benzene rings is 2. The summed E-state index contributed by atoms with van der Waals surface area (Å²) >= 11 is 0. The van der Waals surface area contributed by atoms with Crippen LogP contribution in [0, 0.1) is 6.92 Å². The number of rotatable bonds is 4. The van der Waals surface area contributed by atoms with Gasteiger partial charge >= 0.3 is 6.03 Å². The smallest absolute Gasteiger partial charge is 0.315 e. The molecule has 2 amide bonds. The van der Waals surface area contributed by atoms with E-state index in [0.29, 0.717) is 13.1 Å². The standard InChI is InChI=1S/C21H23N5O/c1-15-11-16(7-9-19(15)17-5-3-2-4-6-17)12-22-21(27)25-18-8-10-20-23-14-24-26(20)13-18/h2-7,9,11,14,18H,8,10,12-13H2,1H3,(H2,22,25,27). The molecule has 6 heteroatoms. The molecule has 6 nitrogen and oxygen atoms in total. The highest BCUT2D eigenvalue weighted by atomic mass is 16.2. The van der Waals surface area contributed by atoms with Crippen LogP contribution in [0.25, 0.3) is 11.1 Å². The van der Waals surface area contributed by atoms with E-state index in [1.165, 1.54) is 16.7 Å². The van der Waals surface area contributed by atoms with Crippen molar-refractivity contribution in [2.75, 3.05) is 0 Å². The Morgan fingerprint density at radius 3 is 2.89 bits per heavy atom. The average Bonchev–Trinajstić information content (AvgIpc) is 3.15. The van der Waals surface area contributed by atoms with Gasteiger partial charge in [-0.3, -0.25) is 0 Å². The number of hydrogen-bond donors (Lipinski definition) is 2. The van der Waals surface area contributed by atoms with Crippen LogP contribution in [0.2, 0.25) is 0 Å². The van der Waals surface area contributed by atoms with Crippen LogP contribution in [0.4, 0.5) is 4.79 Å². The van der Waals surface area contributed by atoms with Crippen LogP contribution in [0.1, 0.15) is 23.4 Å². The number of carbonyl (C=O) groups excluding carboxylic acids is 1. The van der Waals surface area contributed by atoms with Crippen LogP contribution in [0.5, 0.6) is 0 Å². The van der Waals surface area contributed by atoms with E-state index in [0.717, 1.165) is 24.2 Å². The first-order chi connectivity index (χ1) is 13.2. The van der Waals surface area contributed by atoms with Crippen molar-refractivity contribution in [3.05, 3.63) is 71.8 Å². The van der Waals surface area contributed by atoms with Crippen molar-refractivity contribution in [1.29, 1.82) is 0 Å². The third-order valence-corrected chi connectivity index (χ3v) is 4.97. The first-order valence-electron chi connectivity index (χ1n) is 9.25. The van der Waals surface area contributed by atoms with Crippen molar-refractivity contribution in [3.63, 3.8) is 0 Å². The lowest BCUT2D eigenvalue weighted by Crippen LogP contribution is -2.45. The van der Waals surface area contributed by atoms with E-state index < -0.39 is 0 Å². The van der Waals surface area contributed by atoms with E-state index in [9.17, 15) is 4.79 Å². The Bertz CT molecular complexity index is 935. The second kappa shape index (κ2) is 7.61. The van der Waals surface area contributed by atoms with Gasteiger partial charge in [0, 0.05) is 13.0 Å². The Balaban J connectivity index is 1.32. The molecule has 2 aromatic carbocycles. The molecule has 0 aliphatic carbocycles. The second-order valence-electron chi connectivity index (χ2n) is 6.94. The molecule has 0 spiro atoms. The molecule has 138 valence electrons. The molecule has 0 saturated carbocycles. The zero-order valence-corrected chi connectivity index (χ0v) is 15.4. The summed E-state index contributed by atoms with van der Waals surface area (Å²) in [5.74, 6) is 0.988. The van der Waals surface area contributed by atoms with Crippen LogP contribution in [0.3, 0.4) is 0 Å². The zero-order chi connectivity index (χ0) is 18.6. The Morgan fingerprint density at radius 1 is 1.22 bits per heavy atom. The molecule has 2 N–H and O–H groups in total. The fourth-order valence-electron chi connectivity index (χ4n) is 3.55. The highest BCUT2D eigenvalue weighted by Crippen LogP contribution is 2.23. The van der Waals surface area contributed by atoms with Crippen molar-refractivity contribution in [3.8, 4) is 11.1 Å². The monoisotopic (exact) mass is 361 g/mol.